The zero-order valence-corrected chi connectivity index (χ0v) is 78.1. The molecule has 10 aliphatic heterocycles. The van der Waals surface area contributed by atoms with Crippen molar-refractivity contribution in [2.75, 3.05) is 59.2 Å². The van der Waals surface area contributed by atoms with Crippen LogP contribution in [-0.4, -0.2) is 482 Å². The van der Waals surface area contributed by atoms with Crippen molar-refractivity contribution in [2.24, 2.45) is 55.3 Å². The van der Waals surface area contributed by atoms with E-state index in [2.05, 4.69) is 42.7 Å². The lowest BCUT2D eigenvalue weighted by Crippen LogP contribution is -2.69. The molecule has 14 fully saturated rings. The number of allylic oxidation sites excluding steroid dienone is 2. The normalized spacial score (nSPS) is 52.2. The highest BCUT2D eigenvalue weighted by Gasteiger charge is 2.74. The SMILES string of the molecule is CC(=O)OC1C(C)OC(OC2C(C)OC(OC(=O)[C@]34CCC(C)(C)CC3C3=CCC5[C@@]6(C)CC[C@H](OC7OC(C(=O)O)C(O)C(OC8OCC(O)C(O)C8O)C7OC7OC(CO)C(O)C(O)C7O)[C@@](C)(/C=N/NC(=O)N7CCNCC7)C6CC[C@@]5(C)[C@]3(C)C[C@H]4O)C(OC3OC(C)C(OC4OCC(O)C(OC5OC(CO)C(O)C(O)C5O)C4O)C(O)C3O)C2O)C(O)C1OC1OCC(O)C(O)C1O. The number of rotatable bonds is 24. The lowest BCUT2D eigenvalue weighted by molar-refractivity contribution is -0.392. The first-order chi connectivity index (χ1) is 65.0. The molecule has 0 spiro atoms. The number of carboxylic acids is 1. The first-order valence-corrected chi connectivity index (χ1v) is 47.5. The third-order valence-corrected chi connectivity index (χ3v) is 32.6. The number of esters is 2. The molecular weight excluding hydrogens is 1850 g/mol. The lowest BCUT2D eigenvalue weighted by atomic mass is 9.33. The van der Waals surface area contributed by atoms with Gasteiger partial charge in [-0.15, -0.1) is 0 Å². The lowest BCUT2D eigenvalue weighted by Gasteiger charge is -2.71. The molecule has 45 unspecified atom stereocenters. The van der Waals surface area contributed by atoms with E-state index in [0.29, 0.717) is 58.3 Å². The van der Waals surface area contributed by atoms with Crippen molar-refractivity contribution in [3.63, 3.8) is 0 Å². The third-order valence-electron chi connectivity index (χ3n) is 32.6. The highest BCUT2D eigenvalue weighted by molar-refractivity contribution is 5.80. The molecule has 0 radical (unpaired) electrons. The number of piperazine rings is 1. The number of hydrogen-bond acceptors (Lipinski definition) is 47. The van der Waals surface area contributed by atoms with Crippen LogP contribution in [0.4, 0.5) is 4.79 Å². The van der Waals surface area contributed by atoms with Crippen molar-refractivity contribution in [1.29, 1.82) is 0 Å². The number of nitrogens with zero attached hydrogens (tertiary/aromatic N) is 2. The number of carboxylic acid groups (broad SMARTS) is 1. The molecule has 0 bridgehead atoms. The number of amides is 2. The van der Waals surface area contributed by atoms with Gasteiger partial charge in [-0.3, -0.25) is 9.59 Å². The largest absolute Gasteiger partial charge is 0.479 e. The van der Waals surface area contributed by atoms with Crippen LogP contribution in [0.2, 0.25) is 0 Å². The van der Waals surface area contributed by atoms with Crippen molar-refractivity contribution in [1.82, 2.24) is 15.6 Å². The summed E-state index contributed by atoms with van der Waals surface area (Å²) in [4.78, 5) is 58.2. The van der Waals surface area contributed by atoms with Gasteiger partial charge in [0.05, 0.1) is 63.6 Å². The molecule has 0 aromatic carbocycles. The second-order valence-corrected chi connectivity index (χ2v) is 41.6. The van der Waals surface area contributed by atoms with E-state index < -0.39 is 372 Å². The zero-order chi connectivity index (χ0) is 100. The summed E-state index contributed by atoms with van der Waals surface area (Å²) in [5, 5.41) is 267. The van der Waals surface area contributed by atoms with Crippen LogP contribution in [-0.2, 0) is 104 Å². The van der Waals surface area contributed by atoms with Crippen LogP contribution in [0, 0.1) is 50.2 Å². The fraction of sp³-hybridized carbons (Fsp3) is 0.920. The number of hydrazone groups is 1. The van der Waals surface area contributed by atoms with Crippen LogP contribution in [0.3, 0.4) is 0 Å². The number of aliphatic carboxylic acids is 1. The molecule has 788 valence electrons. The van der Waals surface area contributed by atoms with Gasteiger partial charge in [0.15, 0.2) is 68.6 Å². The van der Waals surface area contributed by atoms with Crippen molar-refractivity contribution >= 4 is 30.2 Å². The average Bonchev–Trinajstić information content (AvgIpc) is 0.667. The van der Waals surface area contributed by atoms with Crippen LogP contribution >= 0.6 is 0 Å². The Morgan fingerprint density at radius 2 is 0.942 bits per heavy atom. The van der Waals surface area contributed by atoms with E-state index in [1.807, 2.05) is 20.8 Å². The molecule has 4 saturated carbocycles. The Kier molecular flexibility index (Phi) is 33.1. The Bertz CT molecular complexity index is 4210. The fourth-order valence-corrected chi connectivity index (χ4v) is 24.4. The molecule has 52 atom stereocenters. The highest BCUT2D eigenvalue weighted by Crippen LogP contribution is 2.76. The summed E-state index contributed by atoms with van der Waals surface area (Å²) in [5.41, 5.74) is -2.83. The molecule has 0 aromatic rings. The Labute approximate surface area is 793 Å². The van der Waals surface area contributed by atoms with Crippen molar-refractivity contribution in [2.45, 2.75) is 397 Å². The number of aliphatic hydroxyl groups is 22. The summed E-state index contributed by atoms with van der Waals surface area (Å²) in [6.07, 6.45) is -76.2. The van der Waals surface area contributed by atoms with E-state index in [-0.39, 0.29) is 31.6 Å². The number of ether oxygens (including phenoxy) is 19. The second-order valence-electron chi connectivity index (χ2n) is 41.6. The minimum atomic E-state index is -2.28. The topological polar surface area (TPSA) is 749 Å². The molecule has 0 aromatic heterocycles. The molecule has 138 heavy (non-hydrogen) atoms. The van der Waals surface area contributed by atoms with Crippen LogP contribution < -0.4 is 10.7 Å². The maximum Gasteiger partial charge on any atom is 0.337 e. The predicted molar refractivity (Wildman–Crippen MR) is 451 cm³/mol. The van der Waals surface area contributed by atoms with Gasteiger partial charge in [-0.25, -0.2) is 15.0 Å². The summed E-state index contributed by atoms with van der Waals surface area (Å²) >= 11 is 0. The van der Waals surface area contributed by atoms with Gasteiger partial charge in [-0.1, -0.05) is 53.2 Å². The van der Waals surface area contributed by atoms with E-state index >= 15 is 4.79 Å². The van der Waals surface area contributed by atoms with E-state index in [4.69, 9.17) is 90.0 Å². The van der Waals surface area contributed by atoms with Gasteiger partial charge < -0.3 is 218 Å². The molecule has 15 aliphatic rings. The molecule has 50 heteroatoms. The van der Waals surface area contributed by atoms with E-state index in [9.17, 15) is 132 Å². The van der Waals surface area contributed by atoms with Crippen molar-refractivity contribution < 1.29 is 227 Å². The summed E-state index contributed by atoms with van der Waals surface area (Å²) < 4.78 is 116. The summed E-state index contributed by atoms with van der Waals surface area (Å²) in [6.45, 7) is 15.4. The standard InChI is InChI=1S/C88H140N4O46/c1-31-62(130-74-60(114)65(39(98)29-122-74)132-76-55(109)50(104)48(102)40(25-93)127-76)52(106)57(111)75(123-31)136-69-58(112)63(131-78-61(115)67(64(33(3)124-78)126-34(4)95)134-73-54(108)47(101)38(97)28-121-73)32(2)125-79(69)138-81(118)88-18-17-83(5,6)23-36(88)35-11-12-43-84(7)15-14-45(85(8,30-90-91-82(119)92-21-19-89-20-22-92)42(84)13-16-86(43,9)87(35,10)24-44(88)99)129-80-70(137-77-56(110)51(105)49(103)41(26-94)128-77)66(59(113)68(135-80)71(116)117)133-72-53(107)46(100)37(96)27-120-72/h11,30-33,36-70,72-80,89,93-94,96-115H,12-29H2,1-10H3,(H,91,119)(H,116,117)/b90-30+/t31?,32?,33?,36?,37?,38?,39?,40?,41?,42?,43?,44-,45+,46?,47?,48?,49?,50?,51?,52?,53?,54?,55?,56?,57?,58?,59?,60?,61?,62?,63?,64?,65?,66?,67?,68?,69?,70?,72?,73?,74?,75?,76?,77?,78?,79?,80?,84+,85+,86-,87-,88-/m1/s1. The Balaban J connectivity index is 0.733. The van der Waals surface area contributed by atoms with Gasteiger partial charge in [0.25, 0.3) is 0 Å². The smallest absolute Gasteiger partial charge is 0.337 e. The maximum atomic E-state index is 16.6. The number of carbonyl (C=O) groups is 4. The van der Waals surface area contributed by atoms with E-state index in [1.165, 1.54) is 20.8 Å². The number of nitrogens with one attached hydrogen (secondary N) is 2. The molecule has 10 heterocycles. The molecule has 10 saturated heterocycles. The molecule has 2 amide bonds. The molecule has 15 rings (SSSR count). The third kappa shape index (κ3) is 20.0. The number of aliphatic hydroxyl groups excluding tert-OH is 22. The number of hydrogen-bond donors (Lipinski definition) is 25. The predicted octanol–water partition coefficient (Wildman–Crippen LogP) is -9.70. The molecule has 25 N–H and O–H groups in total. The minimum Gasteiger partial charge on any atom is -0.479 e. The Hall–Kier alpha value is -4.51. The minimum absolute atomic E-state index is 0.00419. The van der Waals surface area contributed by atoms with E-state index in [0.717, 1.165) is 12.5 Å². The van der Waals surface area contributed by atoms with Gasteiger partial charge >= 0.3 is 23.9 Å². The number of fused-ring (bicyclic) bond motifs is 7. The van der Waals surface area contributed by atoms with Crippen LogP contribution in [0.5, 0.6) is 0 Å². The average molecular weight is 1990 g/mol. The van der Waals surface area contributed by atoms with Gasteiger partial charge in [-0.05, 0) is 118 Å². The van der Waals surface area contributed by atoms with Gasteiger partial charge in [0.1, 0.15) is 170 Å². The highest BCUT2D eigenvalue weighted by atomic mass is 16.8. The van der Waals surface area contributed by atoms with Gasteiger partial charge in [0.2, 0.25) is 6.29 Å². The summed E-state index contributed by atoms with van der Waals surface area (Å²) in [5.74, 6) is -5.37. The Morgan fingerprint density at radius 1 is 0.464 bits per heavy atom. The van der Waals surface area contributed by atoms with Crippen LogP contribution in [0.1, 0.15) is 127 Å². The van der Waals surface area contributed by atoms with Gasteiger partial charge in [-0.2, -0.15) is 5.10 Å². The monoisotopic (exact) mass is 1990 g/mol. The first kappa shape index (κ1) is 108. The number of carbonyl (C=O) groups excluding carboxylic acids is 3. The maximum absolute atomic E-state index is 16.6. The fourth-order valence-electron chi connectivity index (χ4n) is 24.4. The van der Waals surface area contributed by atoms with Crippen molar-refractivity contribution in [3.8, 4) is 0 Å². The quantitative estimate of drug-likeness (QED) is 0.0140. The summed E-state index contributed by atoms with van der Waals surface area (Å²) in [7, 11) is 0. The number of urea groups is 1. The first-order valence-electron chi connectivity index (χ1n) is 47.5. The molecule has 5 aliphatic carbocycles. The van der Waals surface area contributed by atoms with Gasteiger partial charge in [0, 0.05) is 44.7 Å². The van der Waals surface area contributed by atoms with Crippen LogP contribution in [0.25, 0.3) is 0 Å². The summed E-state index contributed by atoms with van der Waals surface area (Å²) in [6, 6.07) is -0.543. The second kappa shape index (κ2) is 42.4. The zero-order valence-electron chi connectivity index (χ0n) is 78.1. The Morgan fingerprint density at radius 3 is 1.51 bits per heavy atom. The van der Waals surface area contributed by atoms with E-state index in [1.54, 1.807) is 11.1 Å². The molecular formula is C88H140N4O46. The molecule has 50 nitrogen and oxygen atoms in total. The van der Waals surface area contributed by atoms with Crippen LogP contribution in [0.15, 0.2) is 16.8 Å². The van der Waals surface area contributed by atoms with Crippen molar-refractivity contribution in [3.05, 3.63) is 11.6 Å².